The Morgan fingerprint density at radius 1 is 1.26 bits per heavy atom. The maximum absolute atomic E-state index is 12.2. The Morgan fingerprint density at radius 2 is 2.00 bits per heavy atom. The SMILES string of the molecule is C=c1ccnc(C(=O)OCC)/c1=C/NCC(/C=N\c1ccc(C)cc1)=C/C(C)CCC. The first-order valence-corrected chi connectivity index (χ1v) is 10.8. The van der Waals surface area contributed by atoms with E-state index in [0.717, 1.165) is 24.1 Å². The van der Waals surface area contributed by atoms with Gasteiger partial charge in [0.1, 0.15) is 0 Å². The molecule has 0 amide bonds. The third-order valence-electron chi connectivity index (χ3n) is 4.76. The second kappa shape index (κ2) is 12.5. The van der Waals surface area contributed by atoms with Gasteiger partial charge >= 0.3 is 5.97 Å². The summed E-state index contributed by atoms with van der Waals surface area (Å²) < 4.78 is 5.12. The number of rotatable bonds is 10. The van der Waals surface area contributed by atoms with Crippen molar-refractivity contribution < 1.29 is 9.53 Å². The molecule has 0 aliphatic heterocycles. The van der Waals surface area contributed by atoms with Crippen LogP contribution in [0.5, 0.6) is 0 Å². The number of hydrogen-bond acceptors (Lipinski definition) is 5. The first-order chi connectivity index (χ1) is 14.9. The number of carbonyl (C=O) groups excluding carboxylic acids is 1. The molecule has 0 bridgehead atoms. The van der Waals surface area contributed by atoms with Crippen LogP contribution in [0.1, 0.15) is 49.7 Å². The summed E-state index contributed by atoms with van der Waals surface area (Å²) in [6, 6.07) is 9.90. The number of esters is 1. The number of carbonyl (C=O) groups is 1. The fourth-order valence-electron chi connectivity index (χ4n) is 3.15. The Morgan fingerprint density at radius 3 is 2.68 bits per heavy atom. The lowest BCUT2D eigenvalue weighted by Crippen LogP contribution is -2.34. The molecule has 0 fully saturated rings. The molecule has 164 valence electrons. The predicted molar refractivity (Wildman–Crippen MR) is 129 cm³/mol. The maximum atomic E-state index is 12.2. The molecule has 5 nitrogen and oxygen atoms in total. The molecule has 0 saturated carbocycles. The summed E-state index contributed by atoms with van der Waals surface area (Å²) in [4.78, 5) is 21.0. The number of pyridine rings is 1. The predicted octanol–water partition coefficient (Wildman–Crippen LogP) is 4.07. The van der Waals surface area contributed by atoms with Crippen molar-refractivity contribution in [3.8, 4) is 0 Å². The van der Waals surface area contributed by atoms with Crippen molar-refractivity contribution in [3.63, 3.8) is 0 Å². The number of aryl methyl sites for hydroxylation is 1. The van der Waals surface area contributed by atoms with E-state index in [1.807, 2.05) is 18.3 Å². The number of hydrogen-bond donors (Lipinski definition) is 1. The van der Waals surface area contributed by atoms with E-state index in [2.05, 4.69) is 60.9 Å². The van der Waals surface area contributed by atoms with Crippen molar-refractivity contribution in [2.24, 2.45) is 10.9 Å². The zero-order chi connectivity index (χ0) is 22.6. The standard InChI is InChI=1S/C26H33N3O2/c1-6-8-20(4)15-22(17-29-23-11-9-19(3)10-12-23)16-27-18-24-21(5)13-14-28-25(24)26(30)31-7-2/h9-15,17-18,20,27H,5-8,16H2,1-4H3/b22-15-,24-18+,29-17-. The lowest BCUT2D eigenvalue weighted by atomic mass is 10.0. The van der Waals surface area contributed by atoms with Gasteiger partial charge in [-0.2, -0.15) is 0 Å². The third kappa shape index (κ3) is 7.85. The molecule has 1 unspecified atom stereocenters. The fraction of sp³-hybridized carbons (Fsp3) is 0.346. The van der Waals surface area contributed by atoms with Crippen molar-refractivity contribution >= 4 is 30.7 Å². The van der Waals surface area contributed by atoms with E-state index in [-0.39, 0.29) is 5.69 Å². The van der Waals surface area contributed by atoms with Crippen LogP contribution in [-0.4, -0.2) is 30.3 Å². The van der Waals surface area contributed by atoms with Crippen molar-refractivity contribution in [3.05, 3.63) is 69.9 Å². The van der Waals surface area contributed by atoms with Crippen LogP contribution in [0.2, 0.25) is 0 Å². The molecular weight excluding hydrogens is 386 g/mol. The summed E-state index contributed by atoms with van der Waals surface area (Å²) >= 11 is 0. The van der Waals surface area contributed by atoms with Gasteiger partial charge in [0.25, 0.3) is 0 Å². The maximum Gasteiger partial charge on any atom is 0.357 e. The van der Waals surface area contributed by atoms with Crippen LogP contribution >= 0.6 is 0 Å². The van der Waals surface area contributed by atoms with E-state index in [1.54, 1.807) is 25.4 Å². The number of ether oxygens (including phenoxy) is 1. The van der Waals surface area contributed by atoms with Crippen LogP contribution in [0.25, 0.3) is 12.8 Å². The minimum absolute atomic E-state index is 0.264. The van der Waals surface area contributed by atoms with Crippen molar-refractivity contribution in [2.45, 2.75) is 40.5 Å². The molecule has 2 rings (SSSR count). The Bertz CT molecular complexity index is 1020. The zero-order valence-corrected chi connectivity index (χ0v) is 19.0. The number of nitrogens with zero attached hydrogens (tertiary/aromatic N) is 2. The highest BCUT2D eigenvalue weighted by atomic mass is 16.5. The molecule has 0 saturated heterocycles. The molecule has 0 radical (unpaired) electrons. The molecule has 0 aliphatic rings. The summed E-state index contributed by atoms with van der Waals surface area (Å²) in [7, 11) is 0. The minimum atomic E-state index is -0.450. The summed E-state index contributed by atoms with van der Waals surface area (Å²) in [6.45, 7) is 13.1. The molecule has 0 aliphatic carbocycles. The molecule has 1 aromatic carbocycles. The Balaban J connectivity index is 2.25. The van der Waals surface area contributed by atoms with Gasteiger partial charge in [-0.25, -0.2) is 9.78 Å². The Kier molecular flexibility index (Phi) is 9.69. The quantitative estimate of drug-likeness (QED) is 0.466. The third-order valence-corrected chi connectivity index (χ3v) is 4.76. The van der Waals surface area contributed by atoms with Gasteiger partial charge in [-0.1, -0.05) is 50.6 Å². The van der Waals surface area contributed by atoms with E-state index in [9.17, 15) is 4.79 Å². The number of nitrogens with one attached hydrogen (secondary N) is 1. The van der Waals surface area contributed by atoms with E-state index in [0.29, 0.717) is 29.5 Å². The highest BCUT2D eigenvalue weighted by Crippen LogP contribution is 2.14. The van der Waals surface area contributed by atoms with E-state index >= 15 is 0 Å². The van der Waals surface area contributed by atoms with Gasteiger partial charge in [0.05, 0.1) is 12.3 Å². The number of aromatic nitrogens is 1. The minimum Gasteiger partial charge on any atom is -0.461 e. The van der Waals surface area contributed by atoms with Gasteiger partial charge in [-0.05, 0) is 55.2 Å². The molecule has 1 N–H and O–H groups in total. The summed E-state index contributed by atoms with van der Waals surface area (Å²) in [5, 5.41) is 4.65. The average molecular weight is 420 g/mol. The molecule has 1 atom stereocenters. The summed E-state index contributed by atoms with van der Waals surface area (Å²) in [6.07, 6.45) is 9.73. The fourth-order valence-corrected chi connectivity index (χ4v) is 3.15. The van der Waals surface area contributed by atoms with Crippen LogP contribution in [0.15, 0.2) is 53.2 Å². The van der Waals surface area contributed by atoms with E-state index in [4.69, 9.17) is 4.74 Å². The monoisotopic (exact) mass is 419 g/mol. The van der Waals surface area contributed by atoms with Crippen LogP contribution in [0.4, 0.5) is 5.69 Å². The van der Waals surface area contributed by atoms with E-state index in [1.165, 1.54) is 5.56 Å². The van der Waals surface area contributed by atoms with Crippen molar-refractivity contribution in [2.75, 3.05) is 13.2 Å². The van der Waals surface area contributed by atoms with Gasteiger partial charge in [0.2, 0.25) is 0 Å². The first-order valence-electron chi connectivity index (χ1n) is 10.8. The lowest BCUT2D eigenvalue weighted by molar-refractivity contribution is 0.0518. The molecule has 5 heteroatoms. The van der Waals surface area contributed by atoms with Gasteiger partial charge in [0.15, 0.2) is 5.69 Å². The molecule has 0 spiro atoms. The summed E-state index contributed by atoms with van der Waals surface area (Å²) in [5.74, 6) is -0.00234. The van der Waals surface area contributed by atoms with Crippen molar-refractivity contribution in [1.29, 1.82) is 0 Å². The van der Waals surface area contributed by atoms with Gasteiger partial charge in [0, 0.05) is 30.4 Å². The van der Waals surface area contributed by atoms with Crippen molar-refractivity contribution in [1.82, 2.24) is 10.3 Å². The largest absolute Gasteiger partial charge is 0.461 e. The topological polar surface area (TPSA) is 63.6 Å². The normalized spacial score (nSPS) is 13.4. The second-order valence-corrected chi connectivity index (χ2v) is 7.58. The Hall–Kier alpha value is -3.21. The molecule has 1 heterocycles. The molecule has 2 aromatic rings. The summed E-state index contributed by atoms with van der Waals surface area (Å²) in [5.41, 5.74) is 3.46. The highest BCUT2D eigenvalue weighted by molar-refractivity contribution is 5.87. The second-order valence-electron chi connectivity index (χ2n) is 7.58. The van der Waals surface area contributed by atoms with Crippen LogP contribution in [0.3, 0.4) is 0 Å². The Labute approximate surface area is 185 Å². The van der Waals surface area contributed by atoms with Crippen LogP contribution in [0, 0.1) is 12.8 Å². The number of benzene rings is 1. The number of allylic oxidation sites excluding steroid dienone is 1. The highest BCUT2D eigenvalue weighted by Gasteiger charge is 2.10. The molecular formula is C26H33N3O2. The molecule has 31 heavy (non-hydrogen) atoms. The molecule has 1 aromatic heterocycles. The zero-order valence-electron chi connectivity index (χ0n) is 19.0. The van der Waals surface area contributed by atoms with Crippen LogP contribution in [-0.2, 0) is 4.74 Å². The smallest absolute Gasteiger partial charge is 0.357 e. The average Bonchev–Trinajstić information content (AvgIpc) is 2.74. The van der Waals surface area contributed by atoms with Gasteiger partial charge in [-0.3, -0.25) is 4.99 Å². The van der Waals surface area contributed by atoms with Gasteiger partial charge < -0.3 is 10.1 Å². The van der Waals surface area contributed by atoms with E-state index < -0.39 is 5.97 Å². The van der Waals surface area contributed by atoms with Crippen LogP contribution < -0.4 is 15.8 Å². The first kappa shape index (κ1) is 24.1. The number of aliphatic imine (C=N–C) groups is 1. The lowest BCUT2D eigenvalue weighted by Gasteiger charge is -2.09. The van der Waals surface area contributed by atoms with Gasteiger partial charge in [-0.15, -0.1) is 0 Å².